The van der Waals surface area contributed by atoms with Crippen LogP contribution in [0.15, 0.2) is 6.20 Å². The molecule has 0 spiro atoms. The summed E-state index contributed by atoms with van der Waals surface area (Å²) in [6.07, 6.45) is 2.62. The van der Waals surface area contributed by atoms with E-state index in [1.165, 1.54) is 0 Å². The van der Waals surface area contributed by atoms with Gasteiger partial charge < -0.3 is 16.0 Å². The number of carbonyl (C=O) groups excluding carboxylic acids is 1. The van der Waals surface area contributed by atoms with Crippen molar-refractivity contribution in [1.82, 2.24) is 15.3 Å². The van der Waals surface area contributed by atoms with Gasteiger partial charge in [0.15, 0.2) is 0 Å². The second kappa shape index (κ2) is 5.68. The van der Waals surface area contributed by atoms with E-state index in [0.717, 1.165) is 19.0 Å². The lowest BCUT2D eigenvalue weighted by atomic mass is 9.97. The van der Waals surface area contributed by atoms with E-state index in [4.69, 9.17) is 5.73 Å². The summed E-state index contributed by atoms with van der Waals surface area (Å²) in [6.45, 7) is 0.988. The van der Waals surface area contributed by atoms with Crippen LogP contribution in [0.1, 0.15) is 12.8 Å². The van der Waals surface area contributed by atoms with Gasteiger partial charge in [-0.05, 0) is 12.8 Å². The molecule has 0 aliphatic carbocycles. The molecule has 1 fully saturated rings. The highest BCUT2D eigenvalue weighted by molar-refractivity contribution is 5.79. The molecule has 1 atom stereocenters. The number of nitrogens with zero attached hydrogens (tertiary/aromatic N) is 4. The molecule has 1 aromatic rings. The zero-order valence-corrected chi connectivity index (χ0v) is 11.1. The number of aromatic nitrogens is 2. The molecule has 3 N–H and O–H groups in total. The molecule has 1 amide bonds. The molecule has 1 aliphatic rings. The first-order valence-electron chi connectivity index (χ1n) is 6.26. The van der Waals surface area contributed by atoms with Gasteiger partial charge in [0.25, 0.3) is 0 Å². The quantitative estimate of drug-likeness (QED) is 0.586. The summed E-state index contributed by atoms with van der Waals surface area (Å²) in [5.41, 5.74) is 5.31. The maximum atomic E-state index is 11.7. The second-order valence-corrected chi connectivity index (χ2v) is 4.59. The third kappa shape index (κ3) is 2.76. The zero-order chi connectivity index (χ0) is 14.7. The van der Waals surface area contributed by atoms with Crippen LogP contribution in [0, 0.1) is 16.0 Å². The minimum atomic E-state index is -0.543. The first-order valence-corrected chi connectivity index (χ1v) is 6.26. The highest BCUT2D eigenvalue weighted by atomic mass is 16.6. The summed E-state index contributed by atoms with van der Waals surface area (Å²) < 4.78 is 0. The number of anilines is 2. The first kappa shape index (κ1) is 14.0. The lowest BCUT2D eigenvalue weighted by Crippen LogP contribution is -2.42. The van der Waals surface area contributed by atoms with Gasteiger partial charge in [-0.2, -0.15) is 4.98 Å². The predicted molar refractivity (Wildman–Crippen MR) is 72.1 cm³/mol. The minimum absolute atomic E-state index is 0.0207. The van der Waals surface area contributed by atoms with Crippen LogP contribution in [0.5, 0.6) is 0 Å². The summed E-state index contributed by atoms with van der Waals surface area (Å²) in [4.78, 5) is 31.5. The Balaban J connectivity index is 2.28. The topological polar surface area (TPSA) is 127 Å². The molecule has 1 saturated heterocycles. The van der Waals surface area contributed by atoms with E-state index in [9.17, 15) is 14.9 Å². The maximum Gasteiger partial charge on any atom is 0.329 e. The van der Waals surface area contributed by atoms with Crippen molar-refractivity contribution < 1.29 is 9.72 Å². The Morgan fingerprint density at radius 3 is 3.05 bits per heavy atom. The zero-order valence-electron chi connectivity index (χ0n) is 11.1. The molecule has 0 saturated carbocycles. The molecular formula is C11H16N6O3. The van der Waals surface area contributed by atoms with Crippen molar-refractivity contribution in [2.24, 2.45) is 5.92 Å². The molecule has 0 radical (unpaired) electrons. The summed E-state index contributed by atoms with van der Waals surface area (Å²) >= 11 is 0. The van der Waals surface area contributed by atoms with Crippen molar-refractivity contribution in [3.8, 4) is 0 Å². The van der Waals surface area contributed by atoms with Gasteiger partial charge in [-0.15, -0.1) is 0 Å². The molecule has 1 unspecified atom stereocenters. The molecule has 0 aromatic carbocycles. The average molecular weight is 280 g/mol. The Morgan fingerprint density at radius 2 is 2.40 bits per heavy atom. The van der Waals surface area contributed by atoms with Crippen LogP contribution in [0.25, 0.3) is 0 Å². The molecule has 9 heteroatoms. The lowest BCUT2D eigenvalue weighted by Gasteiger charge is -2.32. The number of carbonyl (C=O) groups is 1. The van der Waals surface area contributed by atoms with Gasteiger partial charge in [-0.1, -0.05) is 0 Å². The maximum absolute atomic E-state index is 11.7. The highest BCUT2D eigenvalue weighted by Crippen LogP contribution is 2.29. The Morgan fingerprint density at radius 1 is 1.65 bits per heavy atom. The van der Waals surface area contributed by atoms with Crippen molar-refractivity contribution in [1.29, 1.82) is 0 Å². The number of hydrogen-bond donors (Lipinski definition) is 2. The molecule has 0 bridgehead atoms. The van der Waals surface area contributed by atoms with Crippen molar-refractivity contribution in [2.45, 2.75) is 12.8 Å². The van der Waals surface area contributed by atoms with E-state index in [1.807, 2.05) is 0 Å². The van der Waals surface area contributed by atoms with Crippen LogP contribution in [0.2, 0.25) is 0 Å². The summed E-state index contributed by atoms with van der Waals surface area (Å²) in [7, 11) is 1.58. The van der Waals surface area contributed by atoms with Gasteiger partial charge in [-0.25, -0.2) is 4.98 Å². The number of nitro groups is 1. The smallest absolute Gasteiger partial charge is 0.329 e. The number of hydrogen-bond acceptors (Lipinski definition) is 7. The Hall–Kier alpha value is -2.45. The van der Waals surface area contributed by atoms with Crippen molar-refractivity contribution >= 4 is 23.4 Å². The minimum Gasteiger partial charge on any atom is -0.368 e. The molecular weight excluding hydrogens is 264 g/mol. The van der Waals surface area contributed by atoms with Gasteiger partial charge in [0.05, 0.1) is 10.8 Å². The van der Waals surface area contributed by atoms with Gasteiger partial charge in [-0.3, -0.25) is 14.9 Å². The number of rotatable bonds is 3. The average Bonchev–Trinajstić information content (AvgIpc) is 2.46. The van der Waals surface area contributed by atoms with Crippen LogP contribution in [-0.2, 0) is 4.79 Å². The van der Waals surface area contributed by atoms with Crippen LogP contribution in [-0.4, -0.2) is 40.9 Å². The fraction of sp³-hybridized carbons (Fsp3) is 0.545. The number of amides is 1. The van der Waals surface area contributed by atoms with E-state index >= 15 is 0 Å². The van der Waals surface area contributed by atoms with Crippen molar-refractivity contribution in [2.75, 3.05) is 30.8 Å². The fourth-order valence-corrected chi connectivity index (χ4v) is 2.33. The molecule has 1 aliphatic heterocycles. The largest absolute Gasteiger partial charge is 0.368 e. The lowest BCUT2D eigenvalue weighted by molar-refractivity contribution is -0.384. The number of nitrogen functional groups attached to an aromatic ring is 1. The van der Waals surface area contributed by atoms with E-state index in [-0.39, 0.29) is 29.3 Å². The monoisotopic (exact) mass is 280 g/mol. The van der Waals surface area contributed by atoms with Gasteiger partial charge >= 0.3 is 5.69 Å². The number of piperidine rings is 1. The molecule has 2 heterocycles. The Labute approximate surface area is 115 Å². The molecule has 108 valence electrons. The SMILES string of the molecule is CNC(=O)C1CCCN(c2nc(N)ncc2[N+](=O)[O-])C1. The van der Waals surface area contributed by atoms with Gasteiger partial charge in [0, 0.05) is 20.1 Å². The van der Waals surface area contributed by atoms with Crippen molar-refractivity contribution in [3.63, 3.8) is 0 Å². The van der Waals surface area contributed by atoms with Crippen LogP contribution >= 0.6 is 0 Å². The summed E-state index contributed by atoms with van der Waals surface area (Å²) in [5, 5.41) is 13.6. The number of nitrogens with two attached hydrogens (primary N) is 1. The Kier molecular flexibility index (Phi) is 3.97. The van der Waals surface area contributed by atoms with E-state index < -0.39 is 4.92 Å². The fourth-order valence-electron chi connectivity index (χ4n) is 2.33. The highest BCUT2D eigenvalue weighted by Gasteiger charge is 2.30. The predicted octanol–water partition coefficient (Wildman–Crippen LogP) is -0.0706. The standard InChI is InChI=1S/C11H16N6O3/c1-13-10(18)7-3-2-4-16(6-7)9-8(17(19)20)5-14-11(12)15-9/h5,7H,2-4,6H2,1H3,(H,13,18)(H2,12,14,15). The third-order valence-electron chi connectivity index (χ3n) is 3.30. The molecule has 2 rings (SSSR count). The molecule has 1 aromatic heterocycles. The van der Waals surface area contributed by atoms with E-state index in [1.54, 1.807) is 11.9 Å². The van der Waals surface area contributed by atoms with E-state index in [0.29, 0.717) is 13.1 Å². The molecule has 9 nitrogen and oxygen atoms in total. The Bertz CT molecular complexity index is 535. The normalized spacial score (nSPS) is 18.6. The second-order valence-electron chi connectivity index (χ2n) is 4.59. The van der Waals surface area contributed by atoms with Crippen LogP contribution < -0.4 is 16.0 Å². The van der Waals surface area contributed by atoms with Crippen molar-refractivity contribution in [3.05, 3.63) is 16.3 Å². The van der Waals surface area contributed by atoms with Gasteiger partial charge in [0.1, 0.15) is 6.20 Å². The first-order chi connectivity index (χ1) is 9.52. The van der Waals surface area contributed by atoms with Crippen LogP contribution in [0.4, 0.5) is 17.5 Å². The van der Waals surface area contributed by atoms with Gasteiger partial charge in [0.2, 0.25) is 17.7 Å². The summed E-state index contributed by atoms with van der Waals surface area (Å²) in [6, 6.07) is 0. The third-order valence-corrected chi connectivity index (χ3v) is 3.30. The summed E-state index contributed by atoms with van der Waals surface area (Å²) in [5.74, 6) is -0.118. The van der Waals surface area contributed by atoms with E-state index in [2.05, 4.69) is 15.3 Å². The van der Waals surface area contributed by atoms with Crippen LogP contribution in [0.3, 0.4) is 0 Å². The number of nitrogens with one attached hydrogen (secondary N) is 1. The molecule has 20 heavy (non-hydrogen) atoms.